The first-order valence-corrected chi connectivity index (χ1v) is 13.7. The number of rotatable bonds is 9. The van der Waals surface area contributed by atoms with Gasteiger partial charge in [0.05, 0.1) is 12.2 Å². The molecule has 2 aromatic heterocycles. The minimum absolute atomic E-state index is 0.260. The zero-order valence-electron chi connectivity index (χ0n) is 21.1. The van der Waals surface area contributed by atoms with Gasteiger partial charge in [-0.05, 0) is 37.0 Å². The largest absolute Gasteiger partial charge is 0.462 e. The van der Waals surface area contributed by atoms with Gasteiger partial charge in [0.25, 0.3) is 0 Å². The molecule has 186 valence electrons. The lowest BCUT2D eigenvalue weighted by Crippen LogP contribution is -2.29. The maximum absolute atomic E-state index is 13.0. The van der Waals surface area contributed by atoms with Gasteiger partial charge in [0, 0.05) is 59.9 Å². The van der Waals surface area contributed by atoms with Gasteiger partial charge in [-0.1, -0.05) is 61.9 Å². The molecule has 1 aliphatic rings. The van der Waals surface area contributed by atoms with Crippen molar-refractivity contribution >= 4 is 39.4 Å². The average Bonchev–Trinajstić information content (AvgIpc) is 3.44. The molecule has 0 saturated carbocycles. The van der Waals surface area contributed by atoms with Crippen molar-refractivity contribution in [1.29, 1.82) is 0 Å². The van der Waals surface area contributed by atoms with E-state index in [1.165, 1.54) is 21.3 Å². The van der Waals surface area contributed by atoms with Crippen LogP contribution in [0.1, 0.15) is 58.6 Å². The number of carbonyl (C=O) groups excluding carboxylic acids is 1. The van der Waals surface area contributed by atoms with Gasteiger partial charge >= 0.3 is 5.97 Å². The lowest BCUT2D eigenvalue weighted by atomic mass is 10.0. The molecule has 2 aromatic carbocycles. The zero-order valence-corrected chi connectivity index (χ0v) is 21.9. The fraction of sp³-hybridized carbons (Fsp3) is 0.333. The fourth-order valence-electron chi connectivity index (χ4n) is 4.94. The van der Waals surface area contributed by atoms with Crippen LogP contribution in [0.15, 0.2) is 65.8 Å². The Kier molecular flexibility index (Phi) is 7.63. The molecule has 0 fully saturated rings. The summed E-state index contributed by atoms with van der Waals surface area (Å²) in [7, 11) is 0. The third-order valence-corrected chi connectivity index (χ3v) is 7.86. The van der Waals surface area contributed by atoms with E-state index in [4.69, 9.17) is 9.73 Å². The Morgan fingerprint density at radius 1 is 1.11 bits per heavy atom. The molecule has 5 rings (SSSR count). The van der Waals surface area contributed by atoms with Crippen molar-refractivity contribution in [3.8, 4) is 0 Å². The number of thiophene rings is 1. The Morgan fingerprint density at radius 2 is 1.92 bits per heavy atom. The van der Waals surface area contributed by atoms with E-state index < -0.39 is 0 Å². The zero-order chi connectivity index (χ0) is 24.9. The number of carbonyl (C=O) groups is 1. The van der Waals surface area contributed by atoms with E-state index in [0.29, 0.717) is 12.2 Å². The summed E-state index contributed by atoms with van der Waals surface area (Å²) in [6, 6.07) is 19.0. The van der Waals surface area contributed by atoms with E-state index in [-0.39, 0.29) is 5.97 Å². The molecular formula is C30H33N3O2S. The molecule has 0 amide bonds. The molecule has 0 bridgehead atoms. The molecule has 0 spiro atoms. The second kappa shape index (κ2) is 11.2. The third-order valence-electron chi connectivity index (χ3n) is 6.74. The van der Waals surface area contributed by atoms with Gasteiger partial charge in [-0.15, -0.1) is 11.3 Å². The van der Waals surface area contributed by atoms with E-state index in [9.17, 15) is 4.79 Å². The van der Waals surface area contributed by atoms with Crippen LogP contribution >= 0.6 is 11.3 Å². The Bertz CT molecular complexity index is 1370. The fourth-order valence-corrected chi connectivity index (χ4v) is 6.16. The first-order chi connectivity index (χ1) is 17.7. The SMILES string of the molecule is CCCCn1cc(C=Nc2sc3c(c2C(=O)OCC)CCN(Cc2ccccc2)C3)c2ccccc21. The van der Waals surface area contributed by atoms with Crippen LogP contribution in [-0.4, -0.2) is 34.8 Å². The molecule has 4 aromatic rings. The number of esters is 1. The van der Waals surface area contributed by atoms with Crippen LogP contribution < -0.4 is 0 Å². The first-order valence-electron chi connectivity index (χ1n) is 12.9. The number of aliphatic imine (C=N–C) groups is 1. The molecule has 0 aliphatic carbocycles. The molecular weight excluding hydrogens is 466 g/mol. The summed E-state index contributed by atoms with van der Waals surface area (Å²) in [5.41, 5.74) is 5.37. The van der Waals surface area contributed by atoms with E-state index in [1.807, 2.05) is 19.2 Å². The van der Waals surface area contributed by atoms with E-state index >= 15 is 0 Å². The number of aromatic nitrogens is 1. The van der Waals surface area contributed by atoms with E-state index in [0.717, 1.165) is 61.6 Å². The summed E-state index contributed by atoms with van der Waals surface area (Å²) >= 11 is 1.63. The summed E-state index contributed by atoms with van der Waals surface area (Å²) < 4.78 is 7.78. The Hall–Kier alpha value is -3.22. The monoisotopic (exact) mass is 499 g/mol. The molecule has 0 atom stereocenters. The van der Waals surface area contributed by atoms with Crippen molar-refractivity contribution in [2.75, 3.05) is 13.2 Å². The lowest BCUT2D eigenvalue weighted by Gasteiger charge is -2.27. The number of ether oxygens (including phenoxy) is 1. The number of aryl methyl sites for hydroxylation is 1. The highest BCUT2D eigenvalue weighted by Gasteiger charge is 2.28. The topological polar surface area (TPSA) is 46.8 Å². The quantitative estimate of drug-likeness (QED) is 0.184. The van der Waals surface area contributed by atoms with Crippen molar-refractivity contribution in [2.45, 2.75) is 52.7 Å². The molecule has 0 radical (unpaired) electrons. The molecule has 0 saturated heterocycles. The highest BCUT2D eigenvalue weighted by atomic mass is 32.1. The summed E-state index contributed by atoms with van der Waals surface area (Å²) in [5, 5.41) is 1.94. The van der Waals surface area contributed by atoms with Crippen LogP contribution in [0.4, 0.5) is 5.00 Å². The lowest BCUT2D eigenvalue weighted by molar-refractivity contribution is 0.0526. The maximum atomic E-state index is 13.0. The first kappa shape index (κ1) is 24.5. The van der Waals surface area contributed by atoms with Crippen LogP contribution in [0.5, 0.6) is 0 Å². The van der Waals surface area contributed by atoms with Gasteiger partial charge < -0.3 is 9.30 Å². The van der Waals surface area contributed by atoms with E-state index in [2.05, 4.69) is 71.1 Å². The summed E-state index contributed by atoms with van der Waals surface area (Å²) in [6.45, 7) is 8.06. The summed E-state index contributed by atoms with van der Waals surface area (Å²) in [6.07, 6.45) is 7.23. The maximum Gasteiger partial charge on any atom is 0.341 e. The Balaban J connectivity index is 1.46. The van der Waals surface area contributed by atoms with Gasteiger partial charge in [0.2, 0.25) is 0 Å². The van der Waals surface area contributed by atoms with Gasteiger partial charge in [-0.3, -0.25) is 4.90 Å². The van der Waals surface area contributed by atoms with Crippen molar-refractivity contribution in [3.05, 3.63) is 87.9 Å². The molecule has 36 heavy (non-hydrogen) atoms. The summed E-state index contributed by atoms with van der Waals surface area (Å²) in [4.78, 5) is 21.6. The second-order valence-electron chi connectivity index (χ2n) is 9.26. The second-order valence-corrected chi connectivity index (χ2v) is 10.3. The van der Waals surface area contributed by atoms with Gasteiger partial charge in [0.15, 0.2) is 0 Å². The molecule has 0 N–H and O–H groups in total. The predicted octanol–water partition coefficient (Wildman–Crippen LogP) is 6.99. The van der Waals surface area contributed by atoms with Crippen molar-refractivity contribution in [3.63, 3.8) is 0 Å². The van der Waals surface area contributed by atoms with E-state index in [1.54, 1.807) is 11.3 Å². The highest BCUT2D eigenvalue weighted by Crippen LogP contribution is 2.40. The van der Waals surface area contributed by atoms with Gasteiger partial charge in [0.1, 0.15) is 5.00 Å². The van der Waals surface area contributed by atoms with Crippen molar-refractivity contribution in [2.24, 2.45) is 4.99 Å². The molecule has 3 heterocycles. The number of para-hydroxylation sites is 1. The average molecular weight is 500 g/mol. The van der Waals surface area contributed by atoms with Gasteiger partial charge in [-0.2, -0.15) is 0 Å². The highest BCUT2D eigenvalue weighted by molar-refractivity contribution is 7.16. The minimum Gasteiger partial charge on any atom is -0.462 e. The number of fused-ring (bicyclic) bond motifs is 2. The van der Waals surface area contributed by atoms with Crippen LogP contribution in [-0.2, 0) is 30.8 Å². The molecule has 0 unspecified atom stereocenters. The number of unbranched alkanes of at least 4 members (excludes halogenated alkanes) is 1. The standard InChI is InChI=1S/C30H33N3O2S/c1-3-5-16-33-20-23(24-13-9-10-14-26(24)33)18-31-29-28(30(34)35-4-2)25-15-17-32(21-27(25)36-29)19-22-11-7-6-8-12-22/h6-14,18,20H,3-5,15-17,19,21H2,1-2H3. The normalized spacial score (nSPS) is 13.9. The Labute approximate surface area is 217 Å². The number of benzene rings is 2. The van der Waals surface area contributed by atoms with Crippen LogP contribution in [0.25, 0.3) is 10.9 Å². The van der Waals surface area contributed by atoms with Crippen LogP contribution in [0.3, 0.4) is 0 Å². The summed E-state index contributed by atoms with van der Waals surface area (Å²) in [5.74, 6) is -0.260. The Morgan fingerprint density at radius 3 is 2.72 bits per heavy atom. The molecule has 6 heteroatoms. The molecule has 5 nitrogen and oxygen atoms in total. The van der Waals surface area contributed by atoms with Crippen molar-refractivity contribution in [1.82, 2.24) is 9.47 Å². The van der Waals surface area contributed by atoms with Gasteiger partial charge in [-0.25, -0.2) is 9.79 Å². The molecule has 1 aliphatic heterocycles. The number of nitrogens with zero attached hydrogens (tertiary/aromatic N) is 3. The third kappa shape index (κ3) is 5.15. The van der Waals surface area contributed by atoms with Crippen LogP contribution in [0, 0.1) is 0 Å². The number of hydrogen-bond acceptors (Lipinski definition) is 5. The van der Waals surface area contributed by atoms with Crippen molar-refractivity contribution < 1.29 is 9.53 Å². The number of hydrogen-bond donors (Lipinski definition) is 0. The minimum atomic E-state index is -0.260. The van der Waals surface area contributed by atoms with Crippen LogP contribution in [0.2, 0.25) is 0 Å². The predicted molar refractivity (Wildman–Crippen MR) is 149 cm³/mol. The smallest absolute Gasteiger partial charge is 0.341 e.